The van der Waals surface area contributed by atoms with Crippen molar-refractivity contribution in [3.63, 3.8) is 0 Å². The van der Waals surface area contributed by atoms with E-state index in [1.807, 2.05) is 37.3 Å². The van der Waals surface area contributed by atoms with Gasteiger partial charge < -0.3 is 5.32 Å². The van der Waals surface area contributed by atoms with Gasteiger partial charge in [0.1, 0.15) is 0 Å². The molecule has 0 amide bonds. The van der Waals surface area contributed by atoms with Crippen molar-refractivity contribution in [1.29, 1.82) is 0 Å². The van der Waals surface area contributed by atoms with Crippen LogP contribution >= 0.6 is 23.1 Å². The number of benzene rings is 2. The minimum Gasteiger partial charge on any atom is -0.324 e. The van der Waals surface area contributed by atoms with Gasteiger partial charge in [-0.05, 0) is 42.8 Å². The van der Waals surface area contributed by atoms with Crippen molar-refractivity contribution in [1.82, 2.24) is 8.94 Å². The molecule has 3 aromatic rings. The third kappa shape index (κ3) is 2.99. The Morgan fingerprint density at radius 3 is 2.76 bits per heavy atom. The third-order valence-electron chi connectivity index (χ3n) is 2.95. The molecule has 2 aromatic carbocycles. The number of hydrogen-bond acceptors (Lipinski definition) is 4. The summed E-state index contributed by atoms with van der Waals surface area (Å²) in [4.78, 5) is 11.9. The van der Waals surface area contributed by atoms with Gasteiger partial charge in [0, 0.05) is 22.2 Å². The molecule has 1 aromatic heterocycles. The fourth-order valence-electron chi connectivity index (χ4n) is 2.02. The molecule has 1 N–H and O–H groups in total. The van der Waals surface area contributed by atoms with E-state index in [9.17, 15) is 4.79 Å². The zero-order valence-corrected chi connectivity index (χ0v) is 12.8. The van der Waals surface area contributed by atoms with Crippen LogP contribution in [0.3, 0.4) is 0 Å². The Hall–Kier alpha value is -2.11. The molecule has 3 rings (SSSR count). The van der Waals surface area contributed by atoms with Crippen molar-refractivity contribution in [2.24, 2.45) is 0 Å². The quantitative estimate of drug-likeness (QED) is 0.794. The largest absolute Gasteiger partial charge is 0.332 e. The van der Waals surface area contributed by atoms with Crippen LogP contribution in [0.4, 0.5) is 11.6 Å². The summed E-state index contributed by atoms with van der Waals surface area (Å²) in [6.45, 7) is 2.01. The van der Waals surface area contributed by atoms with E-state index >= 15 is 0 Å². The number of rotatable bonds is 3. The lowest BCUT2D eigenvalue weighted by Gasteiger charge is -2.09. The Kier molecular flexibility index (Phi) is 3.77. The maximum atomic E-state index is 12.0. The number of hydrogen-bond donors (Lipinski definition) is 1. The summed E-state index contributed by atoms with van der Waals surface area (Å²) in [5.74, 6) is 0.484. The lowest BCUT2D eigenvalue weighted by molar-refractivity contribution is 1.03. The Bertz CT molecular complexity index is 841. The maximum absolute atomic E-state index is 12.0. The molecular formula is C15H12ClN3OS. The minimum absolute atomic E-state index is 0.160. The van der Waals surface area contributed by atoms with Crippen molar-refractivity contribution < 1.29 is 0 Å². The summed E-state index contributed by atoms with van der Waals surface area (Å²) in [6, 6.07) is 15.0. The molecule has 0 spiro atoms. The van der Waals surface area contributed by atoms with Crippen LogP contribution in [-0.2, 0) is 0 Å². The zero-order chi connectivity index (χ0) is 14.8. The summed E-state index contributed by atoms with van der Waals surface area (Å²) in [5.41, 5.74) is 2.71. The molecule has 0 saturated heterocycles. The molecule has 0 aliphatic heterocycles. The third-order valence-corrected chi connectivity index (χ3v) is 3.78. The molecule has 1 heterocycles. The molecule has 0 fully saturated rings. The summed E-state index contributed by atoms with van der Waals surface area (Å²) in [7, 11) is 0. The number of aryl methyl sites for hydroxylation is 1. The standard InChI is InChI=1S/C15H12ClN3OS/c1-10-4-2-6-12(8-10)17-14-18-21-15(20)19(14)13-7-3-5-11(16)9-13/h2-9H,1H3,(H,17,18). The van der Waals surface area contributed by atoms with Gasteiger partial charge in [-0.2, -0.15) is 4.37 Å². The second-order valence-corrected chi connectivity index (χ2v) is 5.73. The first-order valence-corrected chi connectivity index (χ1v) is 7.47. The van der Waals surface area contributed by atoms with Gasteiger partial charge in [-0.3, -0.25) is 4.79 Å². The molecule has 0 aliphatic carbocycles. The van der Waals surface area contributed by atoms with Crippen LogP contribution in [0.15, 0.2) is 53.3 Å². The highest BCUT2D eigenvalue weighted by atomic mass is 35.5. The summed E-state index contributed by atoms with van der Waals surface area (Å²) >= 11 is 6.90. The predicted octanol–water partition coefficient (Wildman–Crippen LogP) is 4.00. The van der Waals surface area contributed by atoms with E-state index in [-0.39, 0.29) is 4.87 Å². The molecular weight excluding hydrogens is 306 g/mol. The summed E-state index contributed by atoms with van der Waals surface area (Å²) in [6.07, 6.45) is 0. The highest BCUT2D eigenvalue weighted by Gasteiger charge is 2.11. The van der Waals surface area contributed by atoms with E-state index in [4.69, 9.17) is 11.6 Å². The number of nitrogens with one attached hydrogen (secondary N) is 1. The maximum Gasteiger partial charge on any atom is 0.332 e. The number of nitrogens with zero attached hydrogens (tertiary/aromatic N) is 2. The van der Waals surface area contributed by atoms with E-state index in [1.165, 1.54) is 4.57 Å². The average molecular weight is 318 g/mol. The minimum atomic E-state index is -0.160. The van der Waals surface area contributed by atoms with E-state index in [0.717, 1.165) is 22.8 Å². The van der Waals surface area contributed by atoms with Gasteiger partial charge >= 0.3 is 4.87 Å². The van der Waals surface area contributed by atoms with Crippen molar-refractivity contribution in [2.45, 2.75) is 6.92 Å². The lowest BCUT2D eigenvalue weighted by Crippen LogP contribution is -2.13. The molecule has 0 radical (unpaired) electrons. The van der Waals surface area contributed by atoms with Crippen LogP contribution in [0, 0.1) is 6.92 Å². The van der Waals surface area contributed by atoms with Gasteiger partial charge in [-0.15, -0.1) is 0 Å². The van der Waals surface area contributed by atoms with Gasteiger partial charge in [-0.1, -0.05) is 29.8 Å². The van der Waals surface area contributed by atoms with Crippen LogP contribution in [-0.4, -0.2) is 8.94 Å². The van der Waals surface area contributed by atoms with Crippen LogP contribution in [0.2, 0.25) is 5.02 Å². The Morgan fingerprint density at radius 2 is 2.00 bits per heavy atom. The van der Waals surface area contributed by atoms with Crippen LogP contribution in [0.5, 0.6) is 0 Å². The second kappa shape index (κ2) is 5.71. The van der Waals surface area contributed by atoms with Crippen molar-refractivity contribution >= 4 is 34.8 Å². The van der Waals surface area contributed by atoms with Gasteiger partial charge in [0.05, 0.1) is 5.69 Å². The molecule has 21 heavy (non-hydrogen) atoms. The van der Waals surface area contributed by atoms with Crippen molar-refractivity contribution in [3.8, 4) is 5.69 Å². The first-order valence-electron chi connectivity index (χ1n) is 6.32. The molecule has 0 unspecified atom stereocenters. The first kappa shape index (κ1) is 13.9. The van der Waals surface area contributed by atoms with E-state index in [2.05, 4.69) is 9.69 Å². The van der Waals surface area contributed by atoms with Gasteiger partial charge in [0.2, 0.25) is 5.95 Å². The van der Waals surface area contributed by atoms with E-state index < -0.39 is 0 Å². The number of halogens is 1. The molecule has 0 bridgehead atoms. The van der Waals surface area contributed by atoms with Gasteiger partial charge in [0.15, 0.2) is 0 Å². The normalized spacial score (nSPS) is 10.6. The Morgan fingerprint density at radius 1 is 1.19 bits per heavy atom. The van der Waals surface area contributed by atoms with Crippen molar-refractivity contribution in [3.05, 3.63) is 68.8 Å². The SMILES string of the molecule is Cc1cccc(Nc2nsc(=O)n2-c2cccc(Cl)c2)c1. The smallest absolute Gasteiger partial charge is 0.324 e. The lowest BCUT2D eigenvalue weighted by atomic mass is 10.2. The van der Waals surface area contributed by atoms with Crippen molar-refractivity contribution in [2.75, 3.05) is 5.32 Å². The average Bonchev–Trinajstić information content (AvgIpc) is 2.80. The molecule has 6 heteroatoms. The number of anilines is 2. The summed E-state index contributed by atoms with van der Waals surface area (Å²) < 4.78 is 5.70. The first-order chi connectivity index (χ1) is 10.1. The summed E-state index contributed by atoms with van der Waals surface area (Å²) in [5, 5.41) is 3.75. The second-order valence-electron chi connectivity index (χ2n) is 4.58. The van der Waals surface area contributed by atoms with Crippen LogP contribution < -0.4 is 10.2 Å². The fourth-order valence-corrected chi connectivity index (χ4v) is 2.77. The topological polar surface area (TPSA) is 46.9 Å². The molecule has 0 atom stereocenters. The van der Waals surface area contributed by atoms with E-state index in [1.54, 1.807) is 18.2 Å². The highest BCUT2D eigenvalue weighted by molar-refractivity contribution is 7.03. The molecule has 106 valence electrons. The predicted molar refractivity (Wildman–Crippen MR) is 87.2 cm³/mol. The number of aromatic nitrogens is 2. The molecule has 4 nitrogen and oxygen atoms in total. The Balaban J connectivity index is 2.03. The molecule has 0 aliphatic rings. The van der Waals surface area contributed by atoms with Crippen LogP contribution in [0.25, 0.3) is 5.69 Å². The monoisotopic (exact) mass is 317 g/mol. The zero-order valence-electron chi connectivity index (χ0n) is 11.2. The van der Waals surface area contributed by atoms with Gasteiger partial charge in [0.25, 0.3) is 0 Å². The fraction of sp³-hybridized carbons (Fsp3) is 0.0667. The highest BCUT2D eigenvalue weighted by Crippen LogP contribution is 2.20. The Labute approximate surface area is 130 Å². The van der Waals surface area contributed by atoms with Crippen LogP contribution in [0.1, 0.15) is 5.56 Å². The van der Waals surface area contributed by atoms with E-state index in [0.29, 0.717) is 16.7 Å². The van der Waals surface area contributed by atoms with Gasteiger partial charge in [-0.25, -0.2) is 4.57 Å². The molecule has 0 saturated carbocycles.